The van der Waals surface area contributed by atoms with Crippen LogP contribution in [0.3, 0.4) is 0 Å². The van der Waals surface area contributed by atoms with Crippen molar-refractivity contribution in [3.63, 3.8) is 0 Å². The van der Waals surface area contributed by atoms with Crippen LogP contribution in [0.2, 0.25) is 0 Å². The van der Waals surface area contributed by atoms with E-state index in [9.17, 15) is 9.18 Å². The number of ether oxygens (including phenoxy) is 1. The van der Waals surface area contributed by atoms with Gasteiger partial charge in [0.05, 0.1) is 0 Å². The van der Waals surface area contributed by atoms with E-state index in [1.54, 1.807) is 13.0 Å². The lowest BCUT2D eigenvalue weighted by molar-refractivity contribution is -0.129. The van der Waals surface area contributed by atoms with Crippen LogP contribution in [0.15, 0.2) is 36.4 Å². The van der Waals surface area contributed by atoms with Crippen LogP contribution in [0.4, 0.5) is 4.39 Å². The number of hydrogen-bond acceptors (Lipinski definition) is 2. The molecular formula is C10H9FO2. The quantitative estimate of drug-likeness (QED) is 0.396. The third-order valence-corrected chi connectivity index (χ3v) is 1.35. The summed E-state index contributed by atoms with van der Waals surface area (Å²) < 4.78 is 17.6. The molecule has 1 aromatic rings. The summed E-state index contributed by atoms with van der Waals surface area (Å²) in [5.41, 5.74) is 0. The smallest absolute Gasteiger partial charge is 0.335 e. The largest absolute Gasteiger partial charge is 0.420 e. The molecule has 0 heterocycles. The average molecular weight is 180 g/mol. The minimum Gasteiger partial charge on any atom is -0.420 e. The van der Waals surface area contributed by atoms with Crippen molar-refractivity contribution in [2.24, 2.45) is 0 Å². The van der Waals surface area contributed by atoms with Crippen molar-refractivity contribution in [3.8, 4) is 5.75 Å². The van der Waals surface area contributed by atoms with E-state index in [2.05, 4.69) is 4.74 Å². The highest BCUT2D eigenvalue weighted by Crippen LogP contribution is 2.15. The second-order valence-corrected chi connectivity index (χ2v) is 2.35. The SMILES string of the molecule is C/C=C/C(=O)Oc1ccccc1F. The van der Waals surface area contributed by atoms with Gasteiger partial charge >= 0.3 is 5.97 Å². The highest BCUT2D eigenvalue weighted by molar-refractivity contribution is 5.83. The lowest BCUT2D eigenvalue weighted by Crippen LogP contribution is -2.04. The van der Waals surface area contributed by atoms with Crippen molar-refractivity contribution in [1.82, 2.24) is 0 Å². The van der Waals surface area contributed by atoms with Crippen LogP contribution in [-0.2, 0) is 4.79 Å². The molecule has 0 N–H and O–H groups in total. The standard InChI is InChI=1S/C10H9FO2/c1-2-5-10(12)13-9-7-4-3-6-8(9)11/h2-7H,1H3/b5-2+. The average Bonchev–Trinajstić information content (AvgIpc) is 2.09. The van der Waals surface area contributed by atoms with E-state index < -0.39 is 11.8 Å². The van der Waals surface area contributed by atoms with Crippen LogP contribution < -0.4 is 4.74 Å². The van der Waals surface area contributed by atoms with E-state index in [0.29, 0.717) is 0 Å². The van der Waals surface area contributed by atoms with Crippen LogP contribution in [0.25, 0.3) is 0 Å². The maximum absolute atomic E-state index is 12.9. The second-order valence-electron chi connectivity index (χ2n) is 2.35. The predicted molar refractivity (Wildman–Crippen MR) is 46.8 cm³/mol. The summed E-state index contributed by atoms with van der Waals surface area (Å²) in [5, 5.41) is 0. The van der Waals surface area contributed by atoms with Crippen LogP contribution in [-0.4, -0.2) is 5.97 Å². The number of carbonyl (C=O) groups excluding carboxylic acids is 1. The number of hydrogen-bond donors (Lipinski definition) is 0. The number of benzene rings is 1. The summed E-state index contributed by atoms with van der Waals surface area (Å²) in [6, 6.07) is 5.76. The summed E-state index contributed by atoms with van der Waals surface area (Å²) in [7, 11) is 0. The van der Waals surface area contributed by atoms with Gasteiger partial charge in [-0.1, -0.05) is 18.2 Å². The van der Waals surface area contributed by atoms with Crippen LogP contribution in [0.5, 0.6) is 5.75 Å². The maximum Gasteiger partial charge on any atom is 0.335 e. The van der Waals surface area contributed by atoms with Gasteiger partial charge in [-0.25, -0.2) is 9.18 Å². The molecule has 0 spiro atoms. The molecule has 0 aliphatic rings. The molecule has 0 unspecified atom stereocenters. The number of carbonyl (C=O) groups is 1. The van der Waals surface area contributed by atoms with Crippen LogP contribution >= 0.6 is 0 Å². The zero-order chi connectivity index (χ0) is 9.68. The van der Waals surface area contributed by atoms with Gasteiger partial charge in [-0.2, -0.15) is 0 Å². The molecule has 0 fully saturated rings. The van der Waals surface area contributed by atoms with E-state index in [1.165, 1.54) is 30.4 Å². The normalized spacial score (nSPS) is 10.3. The van der Waals surface area contributed by atoms with Crippen molar-refractivity contribution >= 4 is 5.97 Å². The van der Waals surface area contributed by atoms with Crippen molar-refractivity contribution in [2.45, 2.75) is 6.92 Å². The van der Waals surface area contributed by atoms with Gasteiger partial charge in [0.15, 0.2) is 11.6 Å². The lowest BCUT2D eigenvalue weighted by Gasteiger charge is -2.00. The van der Waals surface area contributed by atoms with E-state index >= 15 is 0 Å². The molecule has 1 rings (SSSR count). The summed E-state index contributed by atoms with van der Waals surface area (Å²) in [5.74, 6) is -1.17. The van der Waals surface area contributed by atoms with Gasteiger partial charge in [0, 0.05) is 6.08 Å². The first-order chi connectivity index (χ1) is 6.24. The molecule has 0 radical (unpaired) electrons. The van der Waals surface area contributed by atoms with E-state index in [4.69, 9.17) is 0 Å². The third kappa shape index (κ3) is 2.71. The molecule has 0 aromatic heterocycles. The van der Waals surface area contributed by atoms with E-state index in [1.807, 2.05) is 0 Å². The molecule has 0 aliphatic heterocycles. The molecule has 2 nitrogen and oxygen atoms in total. The summed E-state index contributed by atoms with van der Waals surface area (Å²) in [6.45, 7) is 1.68. The maximum atomic E-state index is 12.9. The minimum absolute atomic E-state index is 0.0504. The van der Waals surface area contributed by atoms with Gasteiger partial charge in [-0.05, 0) is 19.1 Å². The first-order valence-corrected chi connectivity index (χ1v) is 3.83. The minimum atomic E-state index is -0.576. The van der Waals surface area contributed by atoms with Gasteiger partial charge in [0.1, 0.15) is 0 Å². The topological polar surface area (TPSA) is 26.3 Å². The molecule has 0 saturated carbocycles. The van der Waals surface area contributed by atoms with E-state index in [0.717, 1.165) is 0 Å². The fourth-order valence-corrected chi connectivity index (χ4v) is 0.806. The molecule has 13 heavy (non-hydrogen) atoms. The Morgan fingerprint density at radius 3 is 2.77 bits per heavy atom. The van der Waals surface area contributed by atoms with Gasteiger partial charge in [0.2, 0.25) is 0 Å². The van der Waals surface area contributed by atoms with Gasteiger partial charge in [0.25, 0.3) is 0 Å². The Bertz CT molecular complexity index is 331. The predicted octanol–water partition coefficient (Wildman–Crippen LogP) is 2.31. The number of halogens is 1. The first-order valence-electron chi connectivity index (χ1n) is 3.83. The fraction of sp³-hybridized carbons (Fsp3) is 0.100. The molecular weight excluding hydrogens is 171 g/mol. The van der Waals surface area contributed by atoms with Gasteiger partial charge in [-0.3, -0.25) is 0 Å². The van der Waals surface area contributed by atoms with Crippen molar-refractivity contribution in [3.05, 3.63) is 42.2 Å². The van der Waals surface area contributed by atoms with Crippen molar-refractivity contribution in [2.75, 3.05) is 0 Å². The van der Waals surface area contributed by atoms with Crippen LogP contribution in [0, 0.1) is 5.82 Å². The Balaban J connectivity index is 2.74. The first kappa shape index (κ1) is 9.45. The Labute approximate surface area is 75.6 Å². The highest BCUT2D eigenvalue weighted by Gasteiger charge is 2.04. The zero-order valence-electron chi connectivity index (χ0n) is 7.16. The molecule has 68 valence electrons. The molecule has 3 heteroatoms. The molecule has 0 bridgehead atoms. The Morgan fingerprint density at radius 1 is 1.46 bits per heavy atom. The summed E-state index contributed by atoms with van der Waals surface area (Å²) >= 11 is 0. The zero-order valence-corrected chi connectivity index (χ0v) is 7.16. The van der Waals surface area contributed by atoms with Gasteiger partial charge < -0.3 is 4.74 Å². The molecule has 0 amide bonds. The Kier molecular flexibility index (Phi) is 3.20. The molecule has 0 atom stereocenters. The summed E-state index contributed by atoms with van der Waals surface area (Å²) in [4.78, 5) is 10.9. The third-order valence-electron chi connectivity index (χ3n) is 1.35. The molecule has 0 saturated heterocycles. The highest BCUT2D eigenvalue weighted by atomic mass is 19.1. The Morgan fingerprint density at radius 2 is 2.15 bits per heavy atom. The number of allylic oxidation sites excluding steroid dienone is 1. The lowest BCUT2D eigenvalue weighted by atomic mass is 10.3. The van der Waals surface area contributed by atoms with E-state index in [-0.39, 0.29) is 5.75 Å². The Hall–Kier alpha value is -1.64. The monoisotopic (exact) mass is 180 g/mol. The number of rotatable bonds is 2. The van der Waals surface area contributed by atoms with Crippen molar-refractivity contribution < 1.29 is 13.9 Å². The number of esters is 1. The van der Waals surface area contributed by atoms with Crippen molar-refractivity contribution in [1.29, 1.82) is 0 Å². The molecule has 0 aliphatic carbocycles. The van der Waals surface area contributed by atoms with Gasteiger partial charge in [-0.15, -0.1) is 0 Å². The molecule has 1 aromatic carbocycles. The second kappa shape index (κ2) is 4.40. The van der Waals surface area contributed by atoms with Crippen LogP contribution in [0.1, 0.15) is 6.92 Å². The summed E-state index contributed by atoms with van der Waals surface area (Å²) in [6.07, 6.45) is 2.76. The fourth-order valence-electron chi connectivity index (χ4n) is 0.806. The number of para-hydroxylation sites is 1.